The number of halogens is 1. The molecule has 0 aliphatic rings. The average Bonchev–Trinajstić information content (AvgIpc) is 2.61. The summed E-state index contributed by atoms with van der Waals surface area (Å²) in [4.78, 5) is 25.2. The molecule has 2 rings (SSSR count). The second kappa shape index (κ2) is 8.93. The van der Waals surface area contributed by atoms with Crippen molar-refractivity contribution in [1.82, 2.24) is 19.7 Å². The second-order valence-electron chi connectivity index (χ2n) is 5.06. The van der Waals surface area contributed by atoms with Gasteiger partial charge in [-0.2, -0.15) is 15.0 Å². The molecule has 0 aliphatic carbocycles. The van der Waals surface area contributed by atoms with E-state index in [-0.39, 0.29) is 41.0 Å². The van der Waals surface area contributed by atoms with Gasteiger partial charge in [-0.3, -0.25) is 0 Å². The van der Waals surface area contributed by atoms with Gasteiger partial charge in [-0.15, -0.1) is 0 Å². The molecule has 1 aromatic carbocycles. The van der Waals surface area contributed by atoms with E-state index in [9.17, 15) is 13.2 Å². The zero-order valence-corrected chi connectivity index (χ0v) is 16.4. The molecule has 0 fully saturated rings. The number of nitrogens with zero attached hydrogens (tertiary/aromatic N) is 4. The Morgan fingerprint density at radius 2 is 1.96 bits per heavy atom. The Bertz CT molecular complexity index is 925. The van der Waals surface area contributed by atoms with Crippen LogP contribution in [0, 0.1) is 6.92 Å². The van der Waals surface area contributed by atoms with E-state index < -0.39 is 16.1 Å². The van der Waals surface area contributed by atoms with Crippen LogP contribution in [0.3, 0.4) is 0 Å². The van der Waals surface area contributed by atoms with Gasteiger partial charge >= 0.3 is 12.0 Å². The number of hydrogen-bond acceptors (Lipinski definition) is 8. The Morgan fingerprint density at radius 1 is 1.26 bits per heavy atom. The summed E-state index contributed by atoms with van der Waals surface area (Å²) >= 11 is 5.91. The number of urea groups is 1. The number of methoxy groups -OCH3 is 1. The summed E-state index contributed by atoms with van der Waals surface area (Å²) in [7, 11) is -2.87. The molecule has 27 heavy (non-hydrogen) atoms. The minimum atomic E-state index is -4.23. The van der Waals surface area contributed by atoms with Crippen LogP contribution in [0.2, 0.25) is 5.02 Å². The number of benzene rings is 1. The molecule has 146 valence electrons. The number of aromatic nitrogens is 3. The Balaban J connectivity index is 2.35. The predicted molar refractivity (Wildman–Crippen MR) is 97.3 cm³/mol. The second-order valence-corrected chi connectivity index (χ2v) is 7.12. The first-order chi connectivity index (χ1) is 12.8. The molecule has 0 saturated heterocycles. The molecular formula is C15H18ClN5O5S. The summed E-state index contributed by atoms with van der Waals surface area (Å²) in [5.41, 5.74) is 0. The minimum Gasteiger partial charge on any atom is -0.467 e. The number of amides is 2. The normalized spacial score (nSPS) is 11.1. The highest BCUT2D eigenvalue weighted by atomic mass is 35.5. The number of aryl methyl sites for hydroxylation is 1. The third-order valence-corrected chi connectivity index (χ3v) is 4.98. The number of anilines is 1. The number of sulfonamides is 1. The van der Waals surface area contributed by atoms with Crippen LogP contribution in [0.5, 0.6) is 6.01 Å². The van der Waals surface area contributed by atoms with Crippen LogP contribution in [-0.4, -0.2) is 49.8 Å². The number of carbonyl (C=O) groups excluding carboxylic acids is 1. The van der Waals surface area contributed by atoms with Gasteiger partial charge in [0.1, 0.15) is 17.5 Å². The first-order valence-corrected chi connectivity index (χ1v) is 9.58. The van der Waals surface area contributed by atoms with Crippen molar-refractivity contribution in [1.29, 1.82) is 0 Å². The van der Waals surface area contributed by atoms with Gasteiger partial charge in [0.25, 0.3) is 10.0 Å². The number of ether oxygens (including phenoxy) is 2. The summed E-state index contributed by atoms with van der Waals surface area (Å²) in [6.07, 6.45) is 0. The van der Waals surface area contributed by atoms with Gasteiger partial charge in [0.2, 0.25) is 5.95 Å². The lowest BCUT2D eigenvalue weighted by Gasteiger charge is -2.21. The lowest BCUT2D eigenvalue weighted by Crippen LogP contribution is -2.45. The number of nitrogens with one attached hydrogen (secondary N) is 1. The van der Waals surface area contributed by atoms with Gasteiger partial charge in [-0.05, 0) is 26.0 Å². The van der Waals surface area contributed by atoms with E-state index in [0.717, 1.165) is 4.90 Å². The Morgan fingerprint density at radius 3 is 2.59 bits per heavy atom. The van der Waals surface area contributed by atoms with Crippen LogP contribution < -0.4 is 14.4 Å². The fraction of sp³-hybridized carbons (Fsp3) is 0.333. The Hall–Kier alpha value is -2.50. The van der Waals surface area contributed by atoms with Gasteiger partial charge in [0.05, 0.1) is 12.1 Å². The molecule has 0 atom stereocenters. The van der Waals surface area contributed by atoms with Crippen molar-refractivity contribution >= 4 is 33.6 Å². The highest BCUT2D eigenvalue weighted by Crippen LogP contribution is 2.21. The zero-order valence-electron chi connectivity index (χ0n) is 14.8. The first kappa shape index (κ1) is 20.8. The molecule has 2 aromatic rings. The standard InChI is InChI=1S/C15H18ClN5O5S/c1-4-26-9-21(13-17-10(2)18-14(19-13)25-3)15(22)20-27(23,24)12-8-6-5-7-11(12)16/h5-8H,4,9H2,1-3H3,(H,20,22). The molecule has 12 heteroatoms. The van der Waals surface area contributed by atoms with Crippen molar-refractivity contribution in [3.8, 4) is 6.01 Å². The fourth-order valence-corrected chi connectivity index (χ4v) is 3.41. The molecule has 0 bridgehead atoms. The molecule has 2 amide bonds. The molecule has 0 unspecified atom stereocenters. The van der Waals surface area contributed by atoms with E-state index in [1.54, 1.807) is 19.9 Å². The maximum atomic E-state index is 12.6. The lowest BCUT2D eigenvalue weighted by molar-refractivity contribution is 0.147. The summed E-state index contributed by atoms with van der Waals surface area (Å²) in [6.45, 7) is 3.29. The van der Waals surface area contributed by atoms with Gasteiger partial charge in [0.15, 0.2) is 0 Å². The Kier molecular flexibility index (Phi) is 6.88. The summed E-state index contributed by atoms with van der Waals surface area (Å²) < 4.78 is 37.1. The van der Waals surface area contributed by atoms with Crippen LogP contribution in [0.25, 0.3) is 0 Å². The number of hydrogen-bond donors (Lipinski definition) is 1. The Labute approximate surface area is 161 Å². The highest BCUT2D eigenvalue weighted by molar-refractivity contribution is 7.90. The molecule has 1 aromatic heterocycles. The van der Waals surface area contributed by atoms with Crippen LogP contribution in [0.4, 0.5) is 10.7 Å². The van der Waals surface area contributed by atoms with E-state index in [1.165, 1.54) is 25.3 Å². The van der Waals surface area contributed by atoms with Crippen LogP contribution in [0.15, 0.2) is 29.2 Å². The third-order valence-electron chi connectivity index (χ3n) is 3.16. The fourth-order valence-electron chi connectivity index (χ4n) is 1.93. The molecule has 1 N–H and O–H groups in total. The van der Waals surface area contributed by atoms with E-state index >= 15 is 0 Å². The molecule has 10 nitrogen and oxygen atoms in total. The predicted octanol–water partition coefficient (Wildman–Crippen LogP) is 1.74. The maximum Gasteiger partial charge on any atom is 0.340 e. The van der Waals surface area contributed by atoms with E-state index in [0.29, 0.717) is 0 Å². The van der Waals surface area contributed by atoms with E-state index in [4.69, 9.17) is 21.1 Å². The molecule has 1 heterocycles. The van der Waals surface area contributed by atoms with Crippen molar-refractivity contribution in [2.45, 2.75) is 18.7 Å². The first-order valence-electron chi connectivity index (χ1n) is 7.71. The maximum absolute atomic E-state index is 12.6. The quantitative estimate of drug-likeness (QED) is 0.678. The van der Waals surface area contributed by atoms with Crippen LogP contribution in [-0.2, 0) is 14.8 Å². The van der Waals surface area contributed by atoms with Gasteiger partial charge in [0, 0.05) is 6.61 Å². The zero-order chi connectivity index (χ0) is 20.0. The lowest BCUT2D eigenvalue weighted by atomic mass is 10.4. The molecule has 0 saturated carbocycles. The SMILES string of the molecule is CCOCN(C(=O)NS(=O)(=O)c1ccccc1Cl)c1nc(C)nc(OC)n1. The topological polar surface area (TPSA) is 124 Å². The monoisotopic (exact) mass is 415 g/mol. The van der Waals surface area contributed by atoms with Gasteiger partial charge in [-0.25, -0.2) is 22.8 Å². The smallest absolute Gasteiger partial charge is 0.340 e. The minimum absolute atomic E-state index is 0.0215. The van der Waals surface area contributed by atoms with Crippen molar-refractivity contribution in [3.05, 3.63) is 35.1 Å². The van der Waals surface area contributed by atoms with Crippen molar-refractivity contribution < 1.29 is 22.7 Å². The van der Waals surface area contributed by atoms with Gasteiger partial charge < -0.3 is 9.47 Å². The molecule has 0 spiro atoms. The van der Waals surface area contributed by atoms with Crippen molar-refractivity contribution in [2.24, 2.45) is 0 Å². The largest absolute Gasteiger partial charge is 0.467 e. The van der Waals surface area contributed by atoms with Crippen molar-refractivity contribution in [2.75, 3.05) is 25.3 Å². The third kappa shape index (κ3) is 5.25. The van der Waals surface area contributed by atoms with E-state index in [2.05, 4.69) is 15.0 Å². The molecular weight excluding hydrogens is 398 g/mol. The summed E-state index contributed by atoms with van der Waals surface area (Å²) in [5.74, 6) is 0.153. The number of carbonyl (C=O) groups is 1. The van der Waals surface area contributed by atoms with Crippen LogP contribution in [0.1, 0.15) is 12.7 Å². The molecule has 0 aliphatic heterocycles. The summed E-state index contributed by atoms with van der Waals surface area (Å²) in [6, 6.07) is 4.70. The highest BCUT2D eigenvalue weighted by Gasteiger charge is 2.27. The van der Waals surface area contributed by atoms with Crippen molar-refractivity contribution in [3.63, 3.8) is 0 Å². The van der Waals surface area contributed by atoms with Gasteiger partial charge in [-0.1, -0.05) is 23.7 Å². The number of rotatable bonds is 7. The van der Waals surface area contributed by atoms with Crippen LogP contribution >= 0.6 is 11.6 Å². The van der Waals surface area contributed by atoms with E-state index in [1.807, 2.05) is 4.72 Å². The molecule has 0 radical (unpaired) electrons. The summed E-state index contributed by atoms with van der Waals surface area (Å²) in [5, 5.41) is -0.0215. The average molecular weight is 416 g/mol.